The number of benzene rings is 1. The van der Waals surface area contributed by atoms with E-state index in [0.717, 1.165) is 0 Å². The Morgan fingerprint density at radius 3 is 2.13 bits per heavy atom. The Balaban J connectivity index is 2.87. The first-order valence-electron chi connectivity index (χ1n) is 3.60. The van der Waals surface area contributed by atoms with Crippen LogP contribution in [0.3, 0.4) is 0 Å². The highest BCUT2D eigenvalue weighted by Gasteiger charge is 2.29. The fraction of sp³-hybridized carbons (Fsp3) is 0. The SMILES string of the molecule is O=S(=O)(O)N(Oc1ccccc1)P(O)O. The lowest BCUT2D eigenvalue weighted by molar-refractivity contribution is 0.0959. The number of rotatable bonds is 4. The molecule has 0 aliphatic heterocycles. The molecule has 84 valence electrons. The lowest BCUT2D eigenvalue weighted by atomic mass is 10.3. The molecule has 0 fully saturated rings. The quantitative estimate of drug-likeness (QED) is 0.404. The third-order valence-electron chi connectivity index (χ3n) is 1.27. The topological polar surface area (TPSA) is 107 Å². The molecule has 0 radical (unpaired) electrons. The summed E-state index contributed by atoms with van der Waals surface area (Å²) in [4.78, 5) is 21.9. The van der Waals surface area contributed by atoms with Crippen LogP contribution in [0.5, 0.6) is 5.75 Å². The zero-order chi connectivity index (χ0) is 11.5. The molecule has 1 aromatic carbocycles. The van der Waals surface area contributed by atoms with Crippen molar-refractivity contribution in [1.82, 2.24) is 4.24 Å². The second-order valence-electron chi connectivity index (χ2n) is 2.36. The number of hydrogen-bond donors (Lipinski definition) is 3. The predicted octanol–water partition coefficient (Wildman–Crippen LogP) is 0.297. The van der Waals surface area contributed by atoms with Crippen molar-refractivity contribution in [3.63, 3.8) is 0 Å². The first-order valence-corrected chi connectivity index (χ1v) is 6.19. The molecule has 0 heterocycles. The van der Waals surface area contributed by atoms with Crippen molar-refractivity contribution >= 4 is 18.8 Å². The maximum absolute atomic E-state index is 10.6. The van der Waals surface area contributed by atoms with Gasteiger partial charge in [0.25, 0.3) is 0 Å². The molecule has 1 aromatic rings. The Hall–Kier alpha value is -0.760. The molecule has 0 aromatic heterocycles. The second-order valence-corrected chi connectivity index (χ2v) is 4.76. The Morgan fingerprint density at radius 2 is 1.73 bits per heavy atom. The van der Waals surface area contributed by atoms with Crippen LogP contribution < -0.4 is 4.84 Å². The maximum Gasteiger partial charge on any atom is 0.375 e. The third kappa shape index (κ3) is 3.71. The predicted molar refractivity (Wildman–Crippen MR) is 51.8 cm³/mol. The minimum Gasteiger partial charge on any atom is -0.381 e. The van der Waals surface area contributed by atoms with Gasteiger partial charge in [-0.3, -0.25) is 4.55 Å². The van der Waals surface area contributed by atoms with Gasteiger partial charge in [-0.2, -0.15) is 8.42 Å². The van der Waals surface area contributed by atoms with Gasteiger partial charge in [-0.15, -0.1) is 0 Å². The van der Waals surface area contributed by atoms with Crippen LogP contribution in [-0.4, -0.2) is 27.0 Å². The third-order valence-corrected chi connectivity index (χ3v) is 3.17. The van der Waals surface area contributed by atoms with Gasteiger partial charge in [-0.05, 0) is 12.1 Å². The van der Waals surface area contributed by atoms with Crippen molar-refractivity contribution < 1.29 is 27.6 Å². The minimum atomic E-state index is -4.82. The van der Waals surface area contributed by atoms with E-state index < -0.39 is 18.8 Å². The number of para-hydroxylation sites is 1. The van der Waals surface area contributed by atoms with Gasteiger partial charge < -0.3 is 14.6 Å². The summed E-state index contributed by atoms with van der Waals surface area (Å²) in [6.45, 7) is 0. The molecule has 0 aliphatic rings. The molecule has 0 saturated heterocycles. The monoisotopic (exact) mass is 253 g/mol. The molecule has 0 aliphatic carbocycles. The molecule has 0 bridgehead atoms. The molecule has 9 heteroatoms. The Morgan fingerprint density at radius 1 is 1.20 bits per heavy atom. The summed E-state index contributed by atoms with van der Waals surface area (Å²) in [5, 5.41) is 0. The van der Waals surface area contributed by atoms with Crippen LogP contribution in [0.4, 0.5) is 0 Å². The summed E-state index contributed by atoms with van der Waals surface area (Å²) in [5.74, 6) is 0.0470. The van der Waals surface area contributed by atoms with Crippen molar-refractivity contribution in [2.75, 3.05) is 0 Å². The van der Waals surface area contributed by atoms with Gasteiger partial charge in [0.1, 0.15) is 5.75 Å². The zero-order valence-electron chi connectivity index (χ0n) is 7.26. The summed E-state index contributed by atoms with van der Waals surface area (Å²) in [7, 11) is -7.92. The molecule has 3 N–H and O–H groups in total. The second kappa shape index (κ2) is 4.84. The van der Waals surface area contributed by atoms with Gasteiger partial charge in [-0.1, -0.05) is 18.2 Å². The van der Waals surface area contributed by atoms with Crippen molar-refractivity contribution in [3.8, 4) is 5.75 Å². The van der Waals surface area contributed by atoms with Crippen LogP contribution in [0, 0.1) is 0 Å². The van der Waals surface area contributed by atoms with E-state index >= 15 is 0 Å². The van der Waals surface area contributed by atoms with E-state index in [4.69, 9.17) is 14.3 Å². The highest BCUT2D eigenvalue weighted by Crippen LogP contribution is 2.33. The Bertz CT molecular complexity index is 407. The number of nitrogens with zero attached hydrogens (tertiary/aromatic N) is 1. The van der Waals surface area contributed by atoms with Gasteiger partial charge in [0.15, 0.2) is 0 Å². The molecule has 0 saturated carbocycles. The van der Waals surface area contributed by atoms with Crippen molar-refractivity contribution in [3.05, 3.63) is 30.3 Å². The van der Waals surface area contributed by atoms with Gasteiger partial charge >= 0.3 is 18.8 Å². The van der Waals surface area contributed by atoms with Gasteiger partial charge in [-0.25, -0.2) is 0 Å². The van der Waals surface area contributed by atoms with E-state index in [1.165, 1.54) is 12.1 Å². The Labute approximate surface area is 87.3 Å². The van der Waals surface area contributed by atoms with Gasteiger partial charge in [0.2, 0.25) is 0 Å². The molecule has 0 unspecified atom stereocenters. The highest BCUT2D eigenvalue weighted by molar-refractivity contribution is 7.88. The van der Waals surface area contributed by atoms with E-state index in [1.54, 1.807) is 18.2 Å². The average Bonchev–Trinajstić information content (AvgIpc) is 2.13. The normalized spacial score (nSPS) is 12.1. The molecule has 15 heavy (non-hydrogen) atoms. The first kappa shape index (κ1) is 12.3. The van der Waals surface area contributed by atoms with Crippen LogP contribution in [0.2, 0.25) is 0 Å². The summed E-state index contributed by atoms with van der Waals surface area (Å²) in [6.07, 6.45) is 0. The van der Waals surface area contributed by atoms with Crippen molar-refractivity contribution in [1.29, 1.82) is 0 Å². The van der Waals surface area contributed by atoms with Crippen LogP contribution in [0.1, 0.15) is 0 Å². The zero-order valence-corrected chi connectivity index (χ0v) is 8.97. The summed E-state index contributed by atoms with van der Waals surface area (Å²) >= 11 is 0. The summed E-state index contributed by atoms with van der Waals surface area (Å²) in [6, 6.07) is 7.53. The first-order chi connectivity index (χ1) is 6.91. The molecule has 0 amide bonds. The van der Waals surface area contributed by atoms with Crippen LogP contribution in [-0.2, 0) is 10.3 Å². The van der Waals surface area contributed by atoms with E-state index in [-0.39, 0.29) is 9.99 Å². The number of hydrogen-bond acceptors (Lipinski definition) is 5. The van der Waals surface area contributed by atoms with E-state index in [1.807, 2.05) is 0 Å². The molecule has 1 rings (SSSR count). The van der Waals surface area contributed by atoms with Gasteiger partial charge in [0, 0.05) is 0 Å². The molecule has 7 nitrogen and oxygen atoms in total. The lowest BCUT2D eigenvalue weighted by Crippen LogP contribution is -2.28. The fourth-order valence-electron chi connectivity index (χ4n) is 0.747. The molecular weight excluding hydrogens is 245 g/mol. The molecule has 0 atom stereocenters. The smallest absolute Gasteiger partial charge is 0.375 e. The van der Waals surface area contributed by atoms with Crippen LogP contribution in [0.25, 0.3) is 0 Å². The lowest BCUT2D eigenvalue weighted by Gasteiger charge is -2.17. The summed E-state index contributed by atoms with van der Waals surface area (Å²) < 4.78 is 29.6. The standard InChI is InChI=1S/C6H8NO6PS/c8-14(9)7(15(10,11)12)13-6-4-2-1-3-5-6/h1-5,8-9H,(H,10,11,12). The van der Waals surface area contributed by atoms with Crippen molar-refractivity contribution in [2.45, 2.75) is 0 Å². The summed E-state index contributed by atoms with van der Waals surface area (Å²) in [5.41, 5.74) is 0. The fourth-order valence-corrected chi connectivity index (χ4v) is 1.83. The Kier molecular flexibility index (Phi) is 3.97. The maximum atomic E-state index is 10.6. The van der Waals surface area contributed by atoms with Crippen LogP contribution >= 0.6 is 8.53 Å². The van der Waals surface area contributed by atoms with E-state index in [9.17, 15) is 8.42 Å². The minimum absolute atomic E-state index is 0.0470. The highest BCUT2D eigenvalue weighted by atomic mass is 32.2. The van der Waals surface area contributed by atoms with E-state index in [2.05, 4.69) is 4.84 Å². The largest absolute Gasteiger partial charge is 0.381 e. The van der Waals surface area contributed by atoms with Gasteiger partial charge in [0.05, 0.1) is 4.24 Å². The molecule has 0 spiro atoms. The van der Waals surface area contributed by atoms with Crippen molar-refractivity contribution in [2.24, 2.45) is 0 Å². The average molecular weight is 253 g/mol. The van der Waals surface area contributed by atoms with Crippen LogP contribution in [0.15, 0.2) is 30.3 Å². The molecular formula is C6H8NO6PS. The van der Waals surface area contributed by atoms with E-state index in [0.29, 0.717) is 0 Å².